The zero-order valence-electron chi connectivity index (χ0n) is 12.5. The Hall–Kier alpha value is -1.43. The maximum absolute atomic E-state index is 12.4. The van der Waals surface area contributed by atoms with Crippen molar-refractivity contribution in [1.29, 1.82) is 0 Å². The zero-order chi connectivity index (χ0) is 15.0. The number of fused-ring (bicyclic) bond motifs is 1. The highest BCUT2D eigenvalue weighted by molar-refractivity contribution is 6.07. The summed E-state index contributed by atoms with van der Waals surface area (Å²) in [6.45, 7) is 4.08. The second kappa shape index (κ2) is 5.75. The predicted molar refractivity (Wildman–Crippen MR) is 76.2 cm³/mol. The van der Waals surface area contributed by atoms with Gasteiger partial charge in [-0.15, -0.1) is 0 Å². The van der Waals surface area contributed by atoms with Crippen molar-refractivity contribution >= 4 is 17.7 Å². The molecule has 2 saturated heterocycles. The third kappa shape index (κ3) is 2.57. The second-order valence-electron chi connectivity index (χ2n) is 6.40. The summed E-state index contributed by atoms with van der Waals surface area (Å²) < 4.78 is 0. The van der Waals surface area contributed by atoms with E-state index in [1.165, 1.54) is 4.90 Å². The van der Waals surface area contributed by atoms with Crippen LogP contribution in [0.25, 0.3) is 0 Å². The lowest BCUT2D eigenvalue weighted by molar-refractivity contribution is -0.147. The predicted octanol–water partition coefficient (Wildman–Crippen LogP) is -0.0181. The van der Waals surface area contributed by atoms with E-state index in [-0.39, 0.29) is 42.1 Å². The normalized spacial score (nSPS) is 33.3. The van der Waals surface area contributed by atoms with Gasteiger partial charge < -0.3 is 10.2 Å². The fraction of sp³-hybridized carbons (Fsp3) is 0.800. The lowest BCUT2D eigenvalue weighted by atomic mass is 9.81. The van der Waals surface area contributed by atoms with Crippen LogP contribution >= 0.6 is 0 Å². The average molecular weight is 293 g/mol. The van der Waals surface area contributed by atoms with Crippen LogP contribution in [0.3, 0.4) is 0 Å². The number of hydrogen-bond acceptors (Lipinski definition) is 4. The molecule has 3 unspecified atom stereocenters. The van der Waals surface area contributed by atoms with Crippen LogP contribution in [0.2, 0.25) is 0 Å². The van der Waals surface area contributed by atoms with Crippen molar-refractivity contribution in [2.45, 2.75) is 38.6 Å². The summed E-state index contributed by atoms with van der Waals surface area (Å²) in [4.78, 5) is 40.2. The van der Waals surface area contributed by atoms with Gasteiger partial charge in [0.2, 0.25) is 17.7 Å². The number of piperazine rings is 1. The quantitative estimate of drug-likeness (QED) is 0.727. The maximum Gasteiger partial charge on any atom is 0.243 e. The molecular formula is C15H23N3O3. The van der Waals surface area contributed by atoms with Crippen molar-refractivity contribution in [2.75, 3.05) is 26.2 Å². The van der Waals surface area contributed by atoms with E-state index in [1.54, 1.807) is 4.90 Å². The zero-order valence-corrected chi connectivity index (χ0v) is 12.5. The van der Waals surface area contributed by atoms with E-state index >= 15 is 0 Å². The number of carbonyl (C=O) groups is 3. The molecule has 0 radical (unpaired) electrons. The molecule has 0 bridgehead atoms. The first-order valence-electron chi connectivity index (χ1n) is 7.95. The van der Waals surface area contributed by atoms with Crippen LogP contribution in [-0.2, 0) is 14.4 Å². The molecule has 1 aliphatic carbocycles. The van der Waals surface area contributed by atoms with Crippen molar-refractivity contribution in [3.05, 3.63) is 0 Å². The van der Waals surface area contributed by atoms with Crippen LogP contribution < -0.4 is 5.32 Å². The Morgan fingerprint density at radius 1 is 1.19 bits per heavy atom. The third-order valence-corrected chi connectivity index (χ3v) is 5.05. The first kappa shape index (κ1) is 14.5. The average Bonchev–Trinajstić information content (AvgIpc) is 2.73. The molecule has 3 aliphatic rings. The number of hydrogen-bond donors (Lipinski definition) is 1. The molecule has 6 heteroatoms. The maximum atomic E-state index is 12.4. The number of rotatable bonds is 2. The summed E-state index contributed by atoms with van der Waals surface area (Å²) in [5.74, 6) is -0.690. The molecule has 3 atom stereocenters. The summed E-state index contributed by atoms with van der Waals surface area (Å²) in [7, 11) is 0. The summed E-state index contributed by atoms with van der Waals surface area (Å²) in [5, 5.41) is 3.23. The largest absolute Gasteiger partial charge is 0.336 e. The van der Waals surface area contributed by atoms with Crippen molar-refractivity contribution in [3.8, 4) is 0 Å². The molecule has 3 rings (SSSR count). The molecule has 0 aromatic rings. The Balaban J connectivity index is 1.68. The molecule has 21 heavy (non-hydrogen) atoms. The lowest BCUT2D eigenvalue weighted by Gasteiger charge is -2.34. The second-order valence-corrected chi connectivity index (χ2v) is 6.40. The van der Waals surface area contributed by atoms with E-state index in [1.807, 2.05) is 6.92 Å². The van der Waals surface area contributed by atoms with E-state index in [0.29, 0.717) is 6.54 Å². The minimum Gasteiger partial charge on any atom is -0.336 e. The van der Waals surface area contributed by atoms with E-state index in [4.69, 9.17) is 0 Å². The van der Waals surface area contributed by atoms with Crippen LogP contribution in [0.5, 0.6) is 0 Å². The number of likely N-dealkylation sites (tertiary alicyclic amines) is 1. The summed E-state index contributed by atoms with van der Waals surface area (Å²) in [6.07, 6.45) is 3.61. The fourth-order valence-corrected chi connectivity index (χ4v) is 3.82. The molecule has 116 valence electrons. The molecule has 1 N–H and O–H groups in total. The Bertz CT molecular complexity index is 441. The van der Waals surface area contributed by atoms with Crippen molar-refractivity contribution in [3.63, 3.8) is 0 Å². The van der Waals surface area contributed by atoms with Gasteiger partial charge in [-0.25, -0.2) is 0 Å². The molecule has 0 aromatic carbocycles. The van der Waals surface area contributed by atoms with Crippen LogP contribution in [0, 0.1) is 11.8 Å². The number of imide groups is 1. The molecule has 0 spiro atoms. The van der Waals surface area contributed by atoms with Crippen molar-refractivity contribution in [1.82, 2.24) is 15.1 Å². The Morgan fingerprint density at radius 3 is 2.38 bits per heavy atom. The Morgan fingerprint density at radius 2 is 1.81 bits per heavy atom. The van der Waals surface area contributed by atoms with Crippen molar-refractivity contribution in [2.24, 2.45) is 11.8 Å². The van der Waals surface area contributed by atoms with Crippen LogP contribution in [0.15, 0.2) is 0 Å². The summed E-state index contributed by atoms with van der Waals surface area (Å²) in [5.41, 5.74) is 0. The molecule has 2 heterocycles. The number of carbonyl (C=O) groups excluding carboxylic acids is 3. The van der Waals surface area contributed by atoms with Gasteiger partial charge >= 0.3 is 0 Å². The van der Waals surface area contributed by atoms with Crippen LogP contribution in [-0.4, -0.2) is 59.7 Å². The van der Waals surface area contributed by atoms with Gasteiger partial charge in [0.15, 0.2) is 0 Å². The fourth-order valence-electron chi connectivity index (χ4n) is 3.82. The Labute approximate surface area is 124 Å². The molecule has 0 aromatic heterocycles. The summed E-state index contributed by atoms with van der Waals surface area (Å²) in [6, 6.07) is 0.112. The van der Waals surface area contributed by atoms with Gasteiger partial charge in [-0.05, 0) is 19.8 Å². The standard InChI is InChI=1S/C15H23N3O3/c1-10-8-16-6-7-17(10)13(19)9-18-14(20)11-4-2-3-5-12(11)15(18)21/h10-12,16H,2-9H2,1H3. The van der Waals surface area contributed by atoms with Crippen molar-refractivity contribution < 1.29 is 14.4 Å². The number of amides is 3. The number of nitrogens with zero attached hydrogens (tertiary/aromatic N) is 2. The van der Waals surface area contributed by atoms with Gasteiger partial charge in [-0.2, -0.15) is 0 Å². The highest BCUT2D eigenvalue weighted by Crippen LogP contribution is 2.37. The van der Waals surface area contributed by atoms with E-state index < -0.39 is 0 Å². The monoisotopic (exact) mass is 293 g/mol. The first-order chi connectivity index (χ1) is 10.1. The minimum absolute atomic E-state index is 0.0744. The van der Waals surface area contributed by atoms with Gasteiger partial charge in [-0.1, -0.05) is 12.8 Å². The highest BCUT2D eigenvalue weighted by atomic mass is 16.2. The van der Waals surface area contributed by atoms with Crippen LogP contribution in [0.1, 0.15) is 32.6 Å². The SMILES string of the molecule is CC1CNCCN1C(=O)CN1C(=O)C2CCCCC2C1=O. The van der Waals surface area contributed by atoms with Gasteiger partial charge in [0.05, 0.1) is 11.8 Å². The van der Waals surface area contributed by atoms with Crippen LogP contribution in [0.4, 0.5) is 0 Å². The number of nitrogens with one attached hydrogen (secondary N) is 1. The first-order valence-corrected chi connectivity index (χ1v) is 7.95. The molecule has 6 nitrogen and oxygen atoms in total. The molecule has 1 saturated carbocycles. The van der Waals surface area contributed by atoms with Gasteiger partial charge in [-0.3, -0.25) is 19.3 Å². The van der Waals surface area contributed by atoms with E-state index in [0.717, 1.165) is 38.8 Å². The molecular weight excluding hydrogens is 270 g/mol. The third-order valence-electron chi connectivity index (χ3n) is 5.05. The molecule has 2 aliphatic heterocycles. The molecule has 3 amide bonds. The van der Waals surface area contributed by atoms with Gasteiger partial charge in [0.25, 0.3) is 0 Å². The summed E-state index contributed by atoms with van der Waals surface area (Å²) >= 11 is 0. The van der Waals surface area contributed by atoms with Gasteiger partial charge in [0.1, 0.15) is 6.54 Å². The highest BCUT2D eigenvalue weighted by Gasteiger charge is 2.48. The van der Waals surface area contributed by atoms with E-state index in [9.17, 15) is 14.4 Å². The molecule has 3 fully saturated rings. The van der Waals surface area contributed by atoms with Gasteiger partial charge in [0, 0.05) is 25.7 Å². The lowest BCUT2D eigenvalue weighted by Crippen LogP contribution is -2.55. The Kier molecular flexibility index (Phi) is 3.97. The smallest absolute Gasteiger partial charge is 0.243 e. The minimum atomic E-state index is -0.167. The van der Waals surface area contributed by atoms with E-state index in [2.05, 4.69) is 5.32 Å². The topological polar surface area (TPSA) is 69.7 Å².